The van der Waals surface area contributed by atoms with Crippen molar-refractivity contribution in [3.8, 4) is 0 Å². The normalized spacial score (nSPS) is 15.1. The highest BCUT2D eigenvalue weighted by Crippen LogP contribution is 2.10. The van der Waals surface area contributed by atoms with Gasteiger partial charge in [-0.3, -0.25) is 4.79 Å². The molecule has 0 amide bonds. The van der Waals surface area contributed by atoms with Crippen LogP contribution in [0, 0.1) is 5.92 Å². The van der Waals surface area contributed by atoms with Gasteiger partial charge in [0, 0.05) is 18.4 Å². The largest absolute Gasteiger partial charge is 0.327 e. The van der Waals surface area contributed by atoms with E-state index in [1.54, 1.807) is 0 Å². The van der Waals surface area contributed by atoms with Crippen LogP contribution in [0.15, 0.2) is 0 Å². The number of nitrogens with two attached hydrogens (primary N) is 1. The molecule has 0 bridgehead atoms. The fourth-order valence-electron chi connectivity index (χ4n) is 1.42. The Morgan fingerprint density at radius 3 is 2.21 bits per heavy atom. The quantitative estimate of drug-likeness (QED) is 0.611. The predicted molar refractivity (Wildman–Crippen MR) is 61.2 cm³/mol. The van der Waals surface area contributed by atoms with E-state index in [0.29, 0.717) is 12.2 Å². The first kappa shape index (κ1) is 13.6. The van der Waals surface area contributed by atoms with Crippen molar-refractivity contribution in [3.05, 3.63) is 0 Å². The number of hydrogen-bond donors (Lipinski definition) is 1. The van der Waals surface area contributed by atoms with Gasteiger partial charge in [-0.05, 0) is 13.3 Å². The Morgan fingerprint density at radius 2 is 1.71 bits per heavy atom. The molecule has 84 valence electrons. The van der Waals surface area contributed by atoms with E-state index in [9.17, 15) is 4.79 Å². The maximum atomic E-state index is 11.5. The van der Waals surface area contributed by atoms with Crippen LogP contribution in [-0.2, 0) is 4.79 Å². The Balaban J connectivity index is 3.44. The lowest BCUT2D eigenvalue weighted by molar-refractivity contribution is -0.122. The number of ketones is 1. The van der Waals surface area contributed by atoms with Gasteiger partial charge in [-0.15, -0.1) is 0 Å². The maximum Gasteiger partial charge on any atom is 0.137 e. The van der Waals surface area contributed by atoms with Crippen LogP contribution in [0.4, 0.5) is 0 Å². The molecule has 0 aliphatic rings. The topological polar surface area (TPSA) is 43.1 Å². The number of rotatable bonds is 8. The van der Waals surface area contributed by atoms with Crippen molar-refractivity contribution >= 4 is 5.78 Å². The molecule has 0 radical (unpaired) electrons. The Labute approximate surface area is 88.3 Å². The molecule has 0 saturated carbocycles. The van der Waals surface area contributed by atoms with Crippen LogP contribution in [0.1, 0.15) is 59.3 Å². The van der Waals surface area contributed by atoms with Crippen molar-refractivity contribution in [2.75, 3.05) is 0 Å². The van der Waals surface area contributed by atoms with E-state index in [1.165, 1.54) is 25.7 Å². The van der Waals surface area contributed by atoms with Crippen LogP contribution in [0.3, 0.4) is 0 Å². The second-order valence-corrected chi connectivity index (χ2v) is 4.28. The first-order chi connectivity index (χ1) is 6.59. The smallest absolute Gasteiger partial charge is 0.137 e. The molecule has 0 aromatic carbocycles. The minimum absolute atomic E-state index is 0.00172. The van der Waals surface area contributed by atoms with E-state index in [1.807, 2.05) is 13.8 Å². The number of Topliss-reactive ketones (excluding diaryl/α,β-unsaturated/α-hetero) is 1. The Kier molecular flexibility index (Phi) is 7.77. The summed E-state index contributed by atoms with van der Waals surface area (Å²) in [5.41, 5.74) is 5.67. The second kappa shape index (κ2) is 7.98. The number of unbranched alkanes of at least 4 members (excludes halogenated alkanes) is 4. The van der Waals surface area contributed by atoms with Gasteiger partial charge in [-0.1, -0.05) is 39.5 Å². The molecule has 2 N–H and O–H groups in total. The van der Waals surface area contributed by atoms with E-state index in [0.717, 1.165) is 6.42 Å². The minimum Gasteiger partial charge on any atom is -0.327 e. The van der Waals surface area contributed by atoms with Gasteiger partial charge >= 0.3 is 0 Å². The predicted octanol–water partition coefficient (Wildman–Crippen LogP) is 2.90. The first-order valence-corrected chi connectivity index (χ1v) is 5.87. The maximum absolute atomic E-state index is 11.5. The second-order valence-electron chi connectivity index (χ2n) is 4.28. The molecule has 2 atom stereocenters. The van der Waals surface area contributed by atoms with E-state index in [4.69, 9.17) is 5.73 Å². The molecule has 0 aromatic heterocycles. The molecule has 2 nitrogen and oxygen atoms in total. The van der Waals surface area contributed by atoms with E-state index < -0.39 is 0 Å². The highest BCUT2D eigenvalue weighted by molar-refractivity contribution is 5.81. The van der Waals surface area contributed by atoms with Crippen LogP contribution in [0.5, 0.6) is 0 Å². The van der Waals surface area contributed by atoms with E-state index in [2.05, 4.69) is 6.92 Å². The van der Waals surface area contributed by atoms with Gasteiger partial charge in [0.25, 0.3) is 0 Å². The van der Waals surface area contributed by atoms with Crippen molar-refractivity contribution in [2.45, 2.75) is 65.3 Å². The molecule has 0 spiro atoms. The molecule has 0 saturated heterocycles. The standard InChI is InChI=1S/C12H25NO/c1-4-5-6-7-8-9-12(14)10(2)11(3)13/h10-11H,4-9,13H2,1-3H3. The summed E-state index contributed by atoms with van der Waals surface area (Å²) in [4.78, 5) is 11.5. The van der Waals surface area contributed by atoms with Gasteiger partial charge in [-0.25, -0.2) is 0 Å². The van der Waals surface area contributed by atoms with Crippen LogP contribution in [-0.4, -0.2) is 11.8 Å². The van der Waals surface area contributed by atoms with Crippen molar-refractivity contribution in [1.29, 1.82) is 0 Å². The van der Waals surface area contributed by atoms with Crippen molar-refractivity contribution < 1.29 is 4.79 Å². The summed E-state index contributed by atoms with van der Waals surface area (Å²) in [5.74, 6) is 0.359. The van der Waals surface area contributed by atoms with Gasteiger partial charge in [0.15, 0.2) is 0 Å². The molecule has 0 aromatic rings. The minimum atomic E-state index is -0.00172. The molecule has 0 aliphatic carbocycles. The Hall–Kier alpha value is -0.370. The molecule has 2 heteroatoms. The number of carbonyl (C=O) groups is 1. The molecule has 0 aliphatic heterocycles. The molecule has 0 heterocycles. The monoisotopic (exact) mass is 199 g/mol. The van der Waals surface area contributed by atoms with Crippen molar-refractivity contribution in [2.24, 2.45) is 11.7 Å². The third-order valence-corrected chi connectivity index (χ3v) is 2.82. The van der Waals surface area contributed by atoms with Crippen molar-refractivity contribution in [1.82, 2.24) is 0 Å². The lowest BCUT2D eigenvalue weighted by atomic mass is 9.95. The Morgan fingerprint density at radius 1 is 1.14 bits per heavy atom. The van der Waals surface area contributed by atoms with Crippen molar-refractivity contribution in [3.63, 3.8) is 0 Å². The molecule has 0 fully saturated rings. The summed E-state index contributed by atoms with van der Waals surface area (Å²) in [6.45, 7) is 6.03. The third kappa shape index (κ3) is 6.14. The number of carbonyl (C=O) groups excluding carboxylic acids is 1. The lowest BCUT2D eigenvalue weighted by Crippen LogP contribution is -2.30. The summed E-state index contributed by atoms with van der Waals surface area (Å²) in [5, 5.41) is 0. The molecule has 2 unspecified atom stereocenters. The highest BCUT2D eigenvalue weighted by Gasteiger charge is 2.15. The summed E-state index contributed by atoms with van der Waals surface area (Å²) < 4.78 is 0. The molecule has 14 heavy (non-hydrogen) atoms. The summed E-state index contributed by atoms with van der Waals surface area (Å²) in [6.07, 6.45) is 6.74. The first-order valence-electron chi connectivity index (χ1n) is 5.87. The summed E-state index contributed by atoms with van der Waals surface area (Å²) in [7, 11) is 0. The van der Waals surface area contributed by atoms with Gasteiger partial charge in [0.2, 0.25) is 0 Å². The van der Waals surface area contributed by atoms with Gasteiger partial charge in [-0.2, -0.15) is 0 Å². The zero-order valence-corrected chi connectivity index (χ0v) is 9.88. The zero-order chi connectivity index (χ0) is 11.0. The average Bonchev–Trinajstić information content (AvgIpc) is 2.16. The van der Waals surface area contributed by atoms with Crippen LogP contribution in [0.2, 0.25) is 0 Å². The SMILES string of the molecule is CCCCCCCC(=O)C(C)C(C)N. The summed E-state index contributed by atoms with van der Waals surface area (Å²) >= 11 is 0. The molecular weight excluding hydrogens is 174 g/mol. The van der Waals surface area contributed by atoms with Crippen LogP contribution in [0.25, 0.3) is 0 Å². The van der Waals surface area contributed by atoms with Crippen LogP contribution >= 0.6 is 0 Å². The third-order valence-electron chi connectivity index (χ3n) is 2.82. The van der Waals surface area contributed by atoms with Gasteiger partial charge < -0.3 is 5.73 Å². The number of hydrogen-bond acceptors (Lipinski definition) is 2. The van der Waals surface area contributed by atoms with Gasteiger partial charge in [0.1, 0.15) is 5.78 Å². The highest BCUT2D eigenvalue weighted by atomic mass is 16.1. The summed E-state index contributed by atoms with van der Waals surface area (Å²) in [6, 6.07) is -0.00172. The van der Waals surface area contributed by atoms with E-state index >= 15 is 0 Å². The van der Waals surface area contributed by atoms with E-state index in [-0.39, 0.29) is 12.0 Å². The molecular formula is C12H25NO. The Bertz CT molecular complexity index is 154. The fourth-order valence-corrected chi connectivity index (χ4v) is 1.42. The molecule has 0 rings (SSSR count). The van der Waals surface area contributed by atoms with Crippen LogP contribution < -0.4 is 5.73 Å². The lowest BCUT2D eigenvalue weighted by Gasteiger charge is -2.13. The average molecular weight is 199 g/mol. The fraction of sp³-hybridized carbons (Fsp3) is 0.917. The zero-order valence-electron chi connectivity index (χ0n) is 9.88. The van der Waals surface area contributed by atoms with Gasteiger partial charge in [0.05, 0.1) is 0 Å².